The Hall–Kier alpha value is -2.18. The van der Waals surface area contributed by atoms with Crippen molar-refractivity contribution >= 4 is 5.95 Å². The largest absolute Gasteiger partial charge is 0.366 e. The van der Waals surface area contributed by atoms with Crippen molar-refractivity contribution in [2.45, 2.75) is 6.42 Å². The minimum atomic E-state index is -0.913. The van der Waals surface area contributed by atoms with Crippen molar-refractivity contribution in [2.75, 3.05) is 11.6 Å². The Bertz CT molecular complexity index is 523. The molecule has 0 saturated heterocycles. The van der Waals surface area contributed by atoms with Crippen LogP contribution in [0.2, 0.25) is 0 Å². The second-order valence-electron chi connectivity index (χ2n) is 3.23. The molecule has 0 saturated carbocycles. The molecule has 16 heavy (non-hydrogen) atoms. The number of nitrogen functional groups attached to an aromatic ring is 2. The van der Waals surface area contributed by atoms with Crippen LogP contribution in [0.15, 0.2) is 18.2 Å². The second-order valence-corrected chi connectivity index (χ2v) is 3.23. The molecule has 7 heteroatoms. The topological polar surface area (TPSA) is 82.8 Å². The van der Waals surface area contributed by atoms with Crippen molar-refractivity contribution in [3.05, 3.63) is 41.2 Å². The number of hydrogen-bond acceptors (Lipinski definition) is 4. The zero-order valence-corrected chi connectivity index (χ0v) is 8.19. The van der Waals surface area contributed by atoms with Crippen LogP contribution in [-0.4, -0.2) is 14.9 Å². The van der Waals surface area contributed by atoms with Crippen LogP contribution in [0, 0.1) is 11.6 Å². The molecular formula is C9H9F2N5. The average Bonchev–Trinajstić information content (AvgIpc) is 2.57. The number of halogens is 2. The lowest BCUT2D eigenvalue weighted by Gasteiger charge is -2.03. The maximum absolute atomic E-state index is 13.3. The Morgan fingerprint density at radius 1 is 1.25 bits per heavy atom. The van der Waals surface area contributed by atoms with Crippen LogP contribution in [-0.2, 0) is 6.42 Å². The van der Waals surface area contributed by atoms with E-state index in [9.17, 15) is 8.78 Å². The molecule has 4 N–H and O–H groups in total. The van der Waals surface area contributed by atoms with Gasteiger partial charge in [0, 0.05) is 6.42 Å². The van der Waals surface area contributed by atoms with Gasteiger partial charge in [-0.3, -0.25) is 0 Å². The third kappa shape index (κ3) is 1.67. The highest BCUT2D eigenvalue weighted by molar-refractivity contribution is 5.25. The summed E-state index contributed by atoms with van der Waals surface area (Å²) in [5.41, 5.74) is 5.51. The van der Waals surface area contributed by atoms with Gasteiger partial charge >= 0.3 is 0 Å². The summed E-state index contributed by atoms with van der Waals surface area (Å²) in [5, 5.41) is 7.17. The fourth-order valence-corrected chi connectivity index (χ4v) is 1.31. The van der Waals surface area contributed by atoms with Crippen molar-refractivity contribution in [2.24, 2.45) is 0 Å². The molecule has 1 aromatic carbocycles. The molecule has 1 heterocycles. The highest BCUT2D eigenvalue weighted by Crippen LogP contribution is 2.14. The summed E-state index contributed by atoms with van der Waals surface area (Å²) in [5.74, 6) is 3.95. The molecule has 0 spiro atoms. The van der Waals surface area contributed by atoms with Crippen LogP contribution in [0.4, 0.5) is 14.7 Å². The van der Waals surface area contributed by atoms with Crippen LogP contribution in [0.25, 0.3) is 0 Å². The predicted molar refractivity (Wildman–Crippen MR) is 53.7 cm³/mol. The molecule has 1 aromatic heterocycles. The molecule has 0 aliphatic carbocycles. The highest BCUT2D eigenvalue weighted by Gasteiger charge is 2.12. The fraction of sp³-hybridized carbons (Fsp3) is 0.111. The Balaban J connectivity index is 2.34. The van der Waals surface area contributed by atoms with Gasteiger partial charge in [0.2, 0.25) is 5.95 Å². The van der Waals surface area contributed by atoms with Gasteiger partial charge in [0.05, 0.1) is 0 Å². The minimum absolute atomic E-state index is 0.0202. The first kappa shape index (κ1) is 10.3. The van der Waals surface area contributed by atoms with E-state index in [2.05, 4.69) is 10.2 Å². The van der Waals surface area contributed by atoms with E-state index < -0.39 is 11.6 Å². The Kier molecular flexibility index (Phi) is 2.43. The molecule has 0 aliphatic rings. The molecule has 2 aromatic rings. The van der Waals surface area contributed by atoms with Crippen molar-refractivity contribution in [1.29, 1.82) is 0 Å². The summed E-state index contributed by atoms with van der Waals surface area (Å²) >= 11 is 0. The Morgan fingerprint density at radius 2 is 2.00 bits per heavy atom. The van der Waals surface area contributed by atoms with Crippen LogP contribution in [0.5, 0.6) is 0 Å². The van der Waals surface area contributed by atoms with Crippen LogP contribution in [0.1, 0.15) is 11.4 Å². The summed E-state index contributed by atoms with van der Waals surface area (Å²) in [4.78, 5) is 0. The van der Waals surface area contributed by atoms with Crippen LogP contribution < -0.4 is 11.6 Å². The number of nitrogens with two attached hydrogens (primary N) is 2. The van der Waals surface area contributed by atoms with Gasteiger partial charge in [-0.1, -0.05) is 12.1 Å². The zero-order valence-electron chi connectivity index (χ0n) is 8.19. The van der Waals surface area contributed by atoms with E-state index in [4.69, 9.17) is 11.6 Å². The maximum Gasteiger partial charge on any atom is 0.240 e. The zero-order chi connectivity index (χ0) is 11.7. The molecular weight excluding hydrogens is 216 g/mol. The van der Waals surface area contributed by atoms with Gasteiger partial charge in [-0.2, -0.15) is 0 Å². The standard InChI is InChI=1S/C9H9F2N5/c10-6-3-1-2-5(8(6)11)4-7-14-15-9(12)16(7)13/h1-3H,4,13H2,(H2,12,15). The molecule has 0 bridgehead atoms. The van der Waals surface area contributed by atoms with Gasteiger partial charge in [0.25, 0.3) is 0 Å². The van der Waals surface area contributed by atoms with Gasteiger partial charge in [-0.15, -0.1) is 10.2 Å². The summed E-state index contributed by atoms with van der Waals surface area (Å²) in [6.45, 7) is 0. The summed E-state index contributed by atoms with van der Waals surface area (Å²) < 4.78 is 27.3. The van der Waals surface area contributed by atoms with E-state index in [1.54, 1.807) is 0 Å². The summed E-state index contributed by atoms with van der Waals surface area (Å²) in [6.07, 6.45) is 0.0320. The molecule has 0 radical (unpaired) electrons. The second kappa shape index (κ2) is 3.76. The van der Waals surface area contributed by atoms with E-state index in [0.29, 0.717) is 0 Å². The van der Waals surface area contributed by atoms with E-state index >= 15 is 0 Å². The van der Waals surface area contributed by atoms with Crippen molar-refractivity contribution in [1.82, 2.24) is 14.9 Å². The number of nitrogens with zero attached hydrogens (tertiary/aromatic N) is 3. The maximum atomic E-state index is 13.3. The molecule has 84 valence electrons. The molecule has 0 aliphatic heterocycles. The first-order valence-electron chi connectivity index (χ1n) is 4.47. The summed E-state index contributed by atoms with van der Waals surface area (Å²) in [6, 6.07) is 3.90. The Labute approximate surface area is 89.7 Å². The Morgan fingerprint density at radius 3 is 2.62 bits per heavy atom. The predicted octanol–water partition coefficient (Wildman–Crippen LogP) is 0.443. The van der Waals surface area contributed by atoms with Crippen molar-refractivity contribution in [3.63, 3.8) is 0 Å². The smallest absolute Gasteiger partial charge is 0.240 e. The third-order valence-electron chi connectivity index (χ3n) is 2.17. The number of aromatic nitrogens is 3. The molecule has 2 rings (SSSR count). The van der Waals surface area contributed by atoms with Crippen LogP contribution in [0.3, 0.4) is 0 Å². The third-order valence-corrected chi connectivity index (χ3v) is 2.17. The number of anilines is 1. The monoisotopic (exact) mass is 225 g/mol. The molecule has 0 fully saturated rings. The molecule has 0 atom stereocenters. The molecule has 0 unspecified atom stereocenters. The SMILES string of the molecule is Nc1nnc(Cc2cccc(F)c2F)n1N. The van der Waals surface area contributed by atoms with E-state index in [1.165, 1.54) is 12.1 Å². The summed E-state index contributed by atoms with van der Waals surface area (Å²) in [7, 11) is 0. The number of rotatable bonds is 2. The van der Waals surface area contributed by atoms with Crippen molar-refractivity contribution in [3.8, 4) is 0 Å². The first-order valence-corrected chi connectivity index (χ1v) is 4.47. The lowest BCUT2D eigenvalue weighted by atomic mass is 10.1. The van der Waals surface area contributed by atoms with Crippen LogP contribution >= 0.6 is 0 Å². The highest BCUT2D eigenvalue weighted by atomic mass is 19.2. The molecule has 5 nitrogen and oxygen atoms in total. The first-order chi connectivity index (χ1) is 7.59. The number of hydrogen-bond donors (Lipinski definition) is 2. The lowest BCUT2D eigenvalue weighted by molar-refractivity contribution is 0.500. The van der Waals surface area contributed by atoms with Gasteiger partial charge in [-0.05, 0) is 11.6 Å². The lowest BCUT2D eigenvalue weighted by Crippen LogP contribution is -2.16. The fourth-order valence-electron chi connectivity index (χ4n) is 1.31. The minimum Gasteiger partial charge on any atom is -0.366 e. The quantitative estimate of drug-likeness (QED) is 0.726. The van der Waals surface area contributed by atoms with E-state index in [1.807, 2.05) is 0 Å². The van der Waals surface area contributed by atoms with Gasteiger partial charge in [-0.25, -0.2) is 13.5 Å². The van der Waals surface area contributed by atoms with Gasteiger partial charge < -0.3 is 11.6 Å². The van der Waals surface area contributed by atoms with Gasteiger partial charge in [0.1, 0.15) is 0 Å². The number of benzene rings is 1. The van der Waals surface area contributed by atoms with E-state index in [0.717, 1.165) is 10.7 Å². The average molecular weight is 225 g/mol. The molecule has 0 amide bonds. The van der Waals surface area contributed by atoms with E-state index in [-0.39, 0.29) is 23.8 Å². The van der Waals surface area contributed by atoms with Gasteiger partial charge in [0.15, 0.2) is 17.5 Å². The van der Waals surface area contributed by atoms with Crippen molar-refractivity contribution < 1.29 is 8.78 Å². The normalized spacial score (nSPS) is 10.6.